The Kier molecular flexibility index (Phi) is 3.13. The molecule has 0 aromatic rings. The summed E-state index contributed by atoms with van der Waals surface area (Å²) in [5.74, 6) is 0. The quantitative estimate of drug-likeness (QED) is 0.471. The molecule has 1 heterocycles. The van der Waals surface area contributed by atoms with Crippen LogP contribution >= 0.6 is 0 Å². The molecule has 1 atom stereocenters. The van der Waals surface area contributed by atoms with Crippen molar-refractivity contribution in [1.82, 2.24) is 10.6 Å². The number of hydrogen-bond donors (Lipinski definition) is 3. The van der Waals surface area contributed by atoms with Crippen LogP contribution in [0.1, 0.15) is 0 Å². The van der Waals surface area contributed by atoms with Gasteiger partial charge in [-0.25, -0.2) is 4.79 Å². The molecule has 11 heavy (non-hydrogen) atoms. The third-order valence-corrected chi connectivity index (χ3v) is 1.46. The molecule has 1 fully saturated rings. The topological polar surface area (TPSA) is 70.6 Å². The van der Waals surface area contributed by atoms with E-state index >= 15 is 0 Å². The number of nitrogens with one attached hydrogen (secondary N) is 2. The summed E-state index contributed by atoms with van der Waals surface area (Å²) in [6, 6.07) is -0.116. The summed E-state index contributed by atoms with van der Waals surface area (Å²) in [5, 5.41) is 13.8. The number of ether oxygens (including phenoxy) is 1. The minimum Gasteiger partial charge on any atom is -0.465 e. The molecule has 5 heteroatoms. The van der Waals surface area contributed by atoms with Crippen LogP contribution in [0.15, 0.2) is 0 Å². The minimum absolute atomic E-state index is 0.116. The molecule has 0 bridgehead atoms. The lowest BCUT2D eigenvalue weighted by molar-refractivity contribution is 0.128. The normalized spacial score (nSPS) is 25.6. The van der Waals surface area contributed by atoms with E-state index in [0.29, 0.717) is 19.8 Å². The van der Waals surface area contributed by atoms with Crippen LogP contribution in [0.25, 0.3) is 0 Å². The van der Waals surface area contributed by atoms with E-state index in [4.69, 9.17) is 9.84 Å². The maximum Gasteiger partial charge on any atom is 0.405 e. The van der Waals surface area contributed by atoms with Crippen LogP contribution in [-0.2, 0) is 4.74 Å². The highest BCUT2D eigenvalue weighted by Crippen LogP contribution is 1.89. The molecule has 1 aliphatic rings. The second-order valence-corrected chi connectivity index (χ2v) is 2.43. The lowest BCUT2D eigenvalue weighted by Gasteiger charge is -2.12. The molecule has 3 N–H and O–H groups in total. The lowest BCUT2D eigenvalue weighted by Crippen LogP contribution is -2.42. The predicted molar refractivity (Wildman–Crippen MR) is 38.6 cm³/mol. The van der Waals surface area contributed by atoms with Gasteiger partial charge in [0.25, 0.3) is 0 Å². The van der Waals surface area contributed by atoms with Gasteiger partial charge in [-0.15, -0.1) is 0 Å². The summed E-state index contributed by atoms with van der Waals surface area (Å²) in [6.45, 7) is 2.54. The summed E-state index contributed by atoms with van der Waals surface area (Å²) in [4.78, 5) is 10.2. The highest BCUT2D eigenvalue weighted by Gasteiger charge is 2.13. The molecule has 0 aliphatic carbocycles. The Morgan fingerprint density at radius 3 is 3.27 bits per heavy atom. The van der Waals surface area contributed by atoms with Gasteiger partial charge in [-0.1, -0.05) is 0 Å². The summed E-state index contributed by atoms with van der Waals surface area (Å²) in [6.07, 6.45) is -0.998. The molecule has 0 aromatic carbocycles. The summed E-state index contributed by atoms with van der Waals surface area (Å²) in [5.41, 5.74) is 0. The van der Waals surface area contributed by atoms with E-state index in [1.54, 1.807) is 0 Å². The second kappa shape index (κ2) is 4.15. The second-order valence-electron chi connectivity index (χ2n) is 2.43. The maximum atomic E-state index is 10.2. The number of carbonyl (C=O) groups is 1. The molecular formula is C6H12N2O3. The van der Waals surface area contributed by atoms with Crippen molar-refractivity contribution in [3.05, 3.63) is 0 Å². The fourth-order valence-corrected chi connectivity index (χ4v) is 0.972. The summed E-state index contributed by atoms with van der Waals surface area (Å²) < 4.78 is 5.12. The zero-order valence-corrected chi connectivity index (χ0v) is 6.17. The van der Waals surface area contributed by atoms with Gasteiger partial charge >= 0.3 is 6.09 Å². The van der Waals surface area contributed by atoms with E-state index in [1.807, 2.05) is 0 Å². The molecule has 0 aromatic heterocycles. The molecule has 64 valence electrons. The van der Waals surface area contributed by atoms with Crippen molar-refractivity contribution >= 4 is 6.09 Å². The fourth-order valence-electron chi connectivity index (χ4n) is 0.972. The van der Waals surface area contributed by atoms with Crippen LogP contribution < -0.4 is 10.6 Å². The number of hydrogen-bond acceptors (Lipinski definition) is 3. The molecular weight excluding hydrogens is 148 g/mol. The van der Waals surface area contributed by atoms with Gasteiger partial charge < -0.3 is 20.5 Å². The van der Waals surface area contributed by atoms with Crippen LogP contribution in [0.5, 0.6) is 0 Å². The van der Waals surface area contributed by atoms with Gasteiger partial charge in [0.2, 0.25) is 0 Å². The summed E-state index contributed by atoms with van der Waals surface area (Å²) >= 11 is 0. The predicted octanol–water partition coefficient (Wildman–Crippen LogP) is -0.758. The van der Waals surface area contributed by atoms with Crippen LogP contribution in [-0.4, -0.2) is 43.5 Å². The Morgan fingerprint density at radius 2 is 2.55 bits per heavy atom. The van der Waals surface area contributed by atoms with Crippen LogP contribution in [0, 0.1) is 0 Å². The lowest BCUT2D eigenvalue weighted by atomic mass is 10.3. The van der Waals surface area contributed by atoms with E-state index in [0.717, 1.165) is 6.54 Å². The van der Waals surface area contributed by atoms with Crippen LogP contribution in [0.4, 0.5) is 4.79 Å². The number of rotatable bonds is 1. The largest absolute Gasteiger partial charge is 0.465 e. The Morgan fingerprint density at radius 1 is 1.73 bits per heavy atom. The first-order valence-corrected chi connectivity index (χ1v) is 3.57. The number of amides is 1. The molecule has 0 spiro atoms. The Hall–Kier alpha value is -0.810. The minimum atomic E-state index is -0.998. The van der Waals surface area contributed by atoms with Gasteiger partial charge in [0.05, 0.1) is 19.3 Å². The molecule has 1 unspecified atom stereocenters. The van der Waals surface area contributed by atoms with E-state index in [9.17, 15) is 4.79 Å². The first-order valence-electron chi connectivity index (χ1n) is 3.57. The third-order valence-electron chi connectivity index (χ3n) is 1.46. The third kappa shape index (κ3) is 3.20. The molecule has 1 rings (SSSR count). The van der Waals surface area contributed by atoms with Crippen molar-refractivity contribution in [2.75, 3.05) is 26.3 Å². The average molecular weight is 160 g/mol. The van der Waals surface area contributed by atoms with Gasteiger partial charge in [0, 0.05) is 13.1 Å². The molecule has 1 saturated heterocycles. The van der Waals surface area contributed by atoms with Crippen molar-refractivity contribution in [3.63, 3.8) is 0 Å². The molecule has 1 aliphatic heterocycles. The van der Waals surface area contributed by atoms with Gasteiger partial charge in [-0.3, -0.25) is 0 Å². The van der Waals surface area contributed by atoms with Crippen molar-refractivity contribution in [2.24, 2.45) is 0 Å². The van der Waals surface area contributed by atoms with E-state index < -0.39 is 6.09 Å². The SMILES string of the molecule is O=C(O)NC1CNCCOC1. The molecule has 1 amide bonds. The summed E-state index contributed by atoms with van der Waals surface area (Å²) in [7, 11) is 0. The van der Waals surface area contributed by atoms with Gasteiger partial charge in [-0.2, -0.15) is 0 Å². The van der Waals surface area contributed by atoms with Crippen molar-refractivity contribution in [3.8, 4) is 0 Å². The van der Waals surface area contributed by atoms with Gasteiger partial charge in [0.1, 0.15) is 0 Å². The zero-order chi connectivity index (χ0) is 8.10. The van der Waals surface area contributed by atoms with Gasteiger partial charge in [0.15, 0.2) is 0 Å². The molecule has 5 nitrogen and oxygen atoms in total. The monoisotopic (exact) mass is 160 g/mol. The zero-order valence-electron chi connectivity index (χ0n) is 6.17. The van der Waals surface area contributed by atoms with E-state index in [2.05, 4.69) is 10.6 Å². The van der Waals surface area contributed by atoms with Crippen molar-refractivity contribution in [1.29, 1.82) is 0 Å². The number of carboxylic acid groups (broad SMARTS) is 1. The first-order chi connectivity index (χ1) is 5.29. The molecule has 0 saturated carbocycles. The van der Waals surface area contributed by atoms with E-state index in [1.165, 1.54) is 0 Å². The standard InChI is InChI=1S/C6H12N2O3/c9-6(10)8-5-3-7-1-2-11-4-5/h5,7-8H,1-4H2,(H,9,10). The fraction of sp³-hybridized carbons (Fsp3) is 0.833. The van der Waals surface area contributed by atoms with E-state index in [-0.39, 0.29) is 6.04 Å². The highest BCUT2D eigenvalue weighted by molar-refractivity contribution is 5.64. The Labute approximate surface area is 64.7 Å². The molecule has 0 radical (unpaired) electrons. The average Bonchev–Trinajstić information content (AvgIpc) is 2.14. The van der Waals surface area contributed by atoms with Crippen molar-refractivity contribution < 1.29 is 14.6 Å². The van der Waals surface area contributed by atoms with Crippen molar-refractivity contribution in [2.45, 2.75) is 6.04 Å². The highest BCUT2D eigenvalue weighted by atomic mass is 16.5. The maximum absolute atomic E-state index is 10.2. The first kappa shape index (κ1) is 8.29. The Balaban J connectivity index is 2.25. The van der Waals surface area contributed by atoms with Crippen LogP contribution in [0.3, 0.4) is 0 Å². The van der Waals surface area contributed by atoms with Crippen LogP contribution in [0.2, 0.25) is 0 Å². The smallest absolute Gasteiger partial charge is 0.405 e. The Bertz CT molecular complexity index is 132. The van der Waals surface area contributed by atoms with Gasteiger partial charge in [-0.05, 0) is 0 Å².